The fourth-order valence-corrected chi connectivity index (χ4v) is 3.63. The van der Waals surface area contributed by atoms with Gasteiger partial charge in [0.25, 0.3) is 5.91 Å². The van der Waals surface area contributed by atoms with Crippen LogP contribution in [0.5, 0.6) is 0 Å². The summed E-state index contributed by atoms with van der Waals surface area (Å²) in [7, 11) is 2.09. The number of aromatic nitrogens is 3. The number of rotatable bonds is 4. The first-order valence-electron chi connectivity index (χ1n) is 9.35. The maximum absolute atomic E-state index is 14.7. The van der Waals surface area contributed by atoms with Gasteiger partial charge in [-0.15, -0.1) is 0 Å². The van der Waals surface area contributed by atoms with Crippen LogP contribution in [0.25, 0.3) is 5.69 Å². The minimum atomic E-state index is -0.507. The lowest BCUT2D eigenvalue weighted by atomic mass is 10.0. The largest absolute Gasteiger partial charge is 0.306 e. The van der Waals surface area contributed by atoms with Crippen molar-refractivity contribution in [3.8, 4) is 5.69 Å². The van der Waals surface area contributed by atoms with E-state index in [1.807, 2.05) is 35.2 Å². The first-order chi connectivity index (χ1) is 13.6. The minimum absolute atomic E-state index is 0.0872. The van der Waals surface area contributed by atoms with Crippen LogP contribution >= 0.6 is 0 Å². The number of amides is 1. The average molecular weight is 379 g/mol. The molecule has 7 heteroatoms. The smallest absolute Gasteiger partial charge is 0.258 e. The highest BCUT2D eigenvalue weighted by atomic mass is 19.1. The first kappa shape index (κ1) is 18.3. The Morgan fingerprint density at radius 3 is 2.54 bits per heavy atom. The second-order valence-corrected chi connectivity index (χ2v) is 7.05. The minimum Gasteiger partial charge on any atom is -0.306 e. The molecule has 3 aromatic rings. The van der Waals surface area contributed by atoms with Gasteiger partial charge in [0.1, 0.15) is 24.2 Å². The van der Waals surface area contributed by atoms with Gasteiger partial charge in [-0.25, -0.2) is 14.1 Å². The number of para-hydroxylation sites is 1. The van der Waals surface area contributed by atoms with Gasteiger partial charge in [0.05, 0.1) is 0 Å². The number of halogens is 1. The van der Waals surface area contributed by atoms with E-state index in [2.05, 4.69) is 22.0 Å². The number of likely N-dealkylation sites (tertiary alicyclic amines) is 1. The summed E-state index contributed by atoms with van der Waals surface area (Å²) in [6.07, 6.45) is 4.54. The lowest BCUT2D eigenvalue weighted by Crippen LogP contribution is -2.46. The Bertz CT molecular complexity index is 937. The third kappa shape index (κ3) is 3.66. The summed E-state index contributed by atoms with van der Waals surface area (Å²) in [5.41, 5.74) is 1.42. The molecule has 1 aliphatic rings. The molecule has 2 heterocycles. The zero-order valence-electron chi connectivity index (χ0n) is 15.7. The van der Waals surface area contributed by atoms with Crippen molar-refractivity contribution >= 4 is 11.6 Å². The van der Waals surface area contributed by atoms with Crippen molar-refractivity contribution in [1.82, 2.24) is 19.7 Å². The number of carbonyl (C=O) groups is 1. The standard InChI is InChI=1S/C21H22FN5O/c1-25-11-9-18(10-12-25)27(17-5-3-2-4-6-17)21(28)16-7-8-20(19(22)13-16)26-15-23-14-24-26/h2-8,13-15,18H,9-12H2,1H3. The molecule has 0 atom stereocenters. The Hall–Kier alpha value is -3.06. The van der Waals surface area contributed by atoms with Crippen LogP contribution < -0.4 is 4.90 Å². The summed E-state index contributed by atoms with van der Waals surface area (Å²) in [4.78, 5) is 21.3. The molecule has 0 saturated carbocycles. The van der Waals surface area contributed by atoms with Gasteiger partial charge >= 0.3 is 0 Å². The third-order valence-electron chi connectivity index (χ3n) is 5.17. The van der Waals surface area contributed by atoms with E-state index in [0.717, 1.165) is 31.6 Å². The number of anilines is 1. The number of nitrogens with zero attached hydrogens (tertiary/aromatic N) is 5. The van der Waals surface area contributed by atoms with Crippen LogP contribution in [0, 0.1) is 5.82 Å². The van der Waals surface area contributed by atoms with E-state index in [-0.39, 0.29) is 17.6 Å². The average Bonchev–Trinajstić information content (AvgIpc) is 3.25. The van der Waals surface area contributed by atoms with E-state index in [0.29, 0.717) is 5.56 Å². The van der Waals surface area contributed by atoms with Crippen molar-refractivity contribution in [2.24, 2.45) is 0 Å². The van der Waals surface area contributed by atoms with E-state index in [1.54, 1.807) is 12.1 Å². The lowest BCUT2D eigenvalue weighted by Gasteiger charge is -2.37. The van der Waals surface area contributed by atoms with E-state index < -0.39 is 5.82 Å². The summed E-state index contributed by atoms with van der Waals surface area (Å²) in [6, 6.07) is 14.2. The fraction of sp³-hybridized carbons (Fsp3) is 0.286. The molecule has 1 aliphatic heterocycles. The highest BCUT2D eigenvalue weighted by Crippen LogP contribution is 2.26. The summed E-state index contributed by atoms with van der Waals surface area (Å²) in [6.45, 7) is 1.86. The second-order valence-electron chi connectivity index (χ2n) is 7.05. The maximum atomic E-state index is 14.7. The lowest BCUT2D eigenvalue weighted by molar-refractivity contribution is 0.0963. The summed E-state index contributed by atoms with van der Waals surface area (Å²) in [5.74, 6) is -0.697. The van der Waals surface area contributed by atoms with Gasteiger partial charge in [0.15, 0.2) is 0 Å². The quantitative estimate of drug-likeness (QED) is 0.699. The Balaban J connectivity index is 1.66. The molecule has 1 aromatic heterocycles. The molecule has 0 bridgehead atoms. The van der Waals surface area contributed by atoms with Crippen LogP contribution in [-0.2, 0) is 0 Å². The van der Waals surface area contributed by atoms with Crippen molar-refractivity contribution in [1.29, 1.82) is 0 Å². The molecule has 144 valence electrons. The molecule has 0 radical (unpaired) electrons. The Labute approximate surface area is 163 Å². The summed E-state index contributed by atoms with van der Waals surface area (Å²) in [5, 5.41) is 3.95. The molecule has 4 rings (SSSR count). The van der Waals surface area contributed by atoms with Crippen molar-refractivity contribution in [2.75, 3.05) is 25.0 Å². The Kier molecular flexibility index (Phi) is 5.16. The molecular weight excluding hydrogens is 357 g/mol. The van der Waals surface area contributed by atoms with E-state index in [9.17, 15) is 9.18 Å². The molecule has 1 saturated heterocycles. The topological polar surface area (TPSA) is 54.3 Å². The predicted octanol–water partition coefficient (Wildman–Crippen LogP) is 3.15. The van der Waals surface area contributed by atoms with E-state index in [4.69, 9.17) is 0 Å². The van der Waals surface area contributed by atoms with Crippen LogP contribution in [0.1, 0.15) is 23.2 Å². The van der Waals surface area contributed by atoms with E-state index in [1.165, 1.54) is 23.4 Å². The van der Waals surface area contributed by atoms with Gasteiger partial charge in [0, 0.05) is 17.3 Å². The highest BCUT2D eigenvalue weighted by Gasteiger charge is 2.29. The van der Waals surface area contributed by atoms with Gasteiger partial charge < -0.3 is 9.80 Å². The molecule has 2 aromatic carbocycles. The van der Waals surface area contributed by atoms with Gasteiger partial charge in [-0.3, -0.25) is 4.79 Å². The summed E-state index contributed by atoms with van der Waals surface area (Å²) >= 11 is 0. The number of hydrogen-bond donors (Lipinski definition) is 0. The molecule has 0 N–H and O–H groups in total. The molecule has 28 heavy (non-hydrogen) atoms. The predicted molar refractivity (Wildman–Crippen MR) is 105 cm³/mol. The van der Waals surface area contributed by atoms with Crippen molar-refractivity contribution < 1.29 is 9.18 Å². The maximum Gasteiger partial charge on any atom is 0.258 e. The van der Waals surface area contributed by atoms with E-state index >= 15 is 0 Å². The molecular formula is C21H22FN5O. The first-order valence-corrected chi connectivity index (χ1v) is 9.35. The van der Waals surface area contributed by atoms with Crippen LogP contribution in [-0.4, -0.2) is 51.8 Å². The van der Waals surface area contributed by atoms with Crippen LogP contribution in [0.2, 0.25) is 0 Å². The number of piperidine rings is 1. The normalized spacial score (nSPS) is 15.5. The monoisotopic (exact) mass is 379 g/mol. The SMILES string of the molecule is CN1CCC(N(C(=O)c2ccc(-n3cncn3)c(F)c2)c2ccccc2)CC1. The Morgan fingerprint density at radius 2 is 1.89 bits per heavy atom. The molecule has 0 unspecified atom stereocenters. The van der Waals surface area contributed by atoms with Gasteiger partial charge in [0.2, 0.25) is 0 Å². The molecule has 0 aliphatic carbocycles. The number of benzene rings is 2. The second kappa shape index (κ2) is 7.90. The highest BCUT2D eigenvalue weighted by molar-refractivity contribution is 6.06. The van der Waals surface area contributed by atoms with Gasteiger partial charge in [-0.1, -0.05) is 18.2 Å². The number of hydrogen-bond acceptors (Lipinski definition) is 4. The Morgan fingerprint density at radius 1 is 1.14 bits per heavy atom. The molecule has 0 spiro atoms. The third-order valence-corrected chi connectivity index (χ3v) is 5.17. The number of carbonyl (C=O) groups excluding carboxylic acids is 1. The fourth-order valence-electron chi connectivity index (χ4n) is 3.63. The van der Waals surface area contributed by atoms with Crippen LogP contribution in [0.15, 0.2) is 61.2 Å². The van der Waals surface area contributed by atoms with Gasteiger partial charge in [-0.2, -0.15) is 5.10 Å². The van der Waals surface area contributed by atoms with Gasteiger partial charge in [-0.05, 0) is 63.3 Å². The van der Waals surface area contributed by atoms with Crippen molar-refractivity contribution in [3.05, 3.63) is 72.6 Å². The van der Waals surface area contributed by atoms with Crippen molar-refractivity contribution in [3.63, 3.8) is 0 Å². The van der Waals surface area contributed by atoms with Crippen molar-refractivity contribution in [2.45, 2.75) is 18.9 Å². The molecule has 1 amide bonds. The van der Waals surface area contributed by atoms with Crippen LogP contribution in [0.3, 0.4) is 0 Å². The van der Waals surface area contributed by atoms with Crippen LogP contribution in [0.4, 0.5) is 10.1 Å². The zero-order valence-corrected chi connectivity index (χ0v) is 15.7. The molecule has 1 fully saturated rings. The molecule has 6 nitrogen and oxygen atoms in total. The zero-order chi connectivity index (χ0) is 19.5. The summed E-state index contributed by atoms with van der Waals surface area (Å²) < 4.78 is 16.0.